The molecule has 0 unspecified atom stereocenters. The maximum Gasteiger partial charge on any atom is 0.316 e. The minimum atomic E-state index is -0.806. The van der Waals surface area contributed by atoms with Crippen molar-refractivity contribution >= 4 is 5.97 Å². The SMILES string of the molecule is CC1(C)C[C@@]2(C)C3=CC[C@@H]4[C@@]5(C)CC[C@H](O)C(C)(C)[C@H]5CC[C@@]4(C)[C@]3(C)C[C@@H](O)[C@@]23C[C@@H]1OC3=O. The van der Waals surface area contributed by atoms with Gasteiger partial charge < -0.3 is 14.9 Å². The van der Waals surface area contributed by atoms with Gasteiger partial charge in [-0.1, -0.05) is 67.0 Å². The summed E-state index contributed by atoms with van der Waals surface area (Å²) in [5.74, 6) is 0.862. The first kappa shape index (κ1) is 24.5. The fraction of sp³-hybridized carbons (Fsp3) is 0.903. The molecule has 1 spiro atoms. The van der Waals surface area contributed by atoms with Crippen LogP contribution < -0.4 is 0 Å². The van der Waals surface area contributed by atoms with Crippen molar-refractivity contribution in [2.24, 2.45) is 49.7 Å². The van der Waals surface area contributed by atoms with Gasteiger partial charge in [0.05, 0.1) is 12.2 Å². The number of aliphatic hydroxyl groups is 2. The van der Waals surface area contributed by atoms with Gasteiger partial charge in [-0.2, -0.15) is 0 Å². The Hall–Kier alpha value is -0.870. The molecule has 4 saturated carbocycles. The quantitative estimate of drug-likeness (QED) is 0.325. The first-order chi connectivity index (χ1) is 16.0. The van der Waals surface area contributed by atoms with Crippen LogP contribution >= 0.6 is 0 Å². The minimum absolute atomic E-state index is 0.0514. The summed E-state index contributed by atoms with van der Waals surface area (Å²) in [5, 5.41) is 22.9. The number of aliphatic hydroxyl groups excluding tert-OH is 2. The molecular weight excluding hydrogens is 436 g/mol. The summed E-state index contributed by atoms with van der Waals surface area (Å²) in [5.41, 5.74) is 0.138. The number of allylic oxidation sites excluding steroid dienone is 2. The lowest BCUT2D eigenvalue weighted by molar-refractivity contribution is -0.222. The highest BCUT2D eigenvalue weighted by Gasteiger charge is 2.78. The Morgan fingerprint density at radius 1 is 0.857 bits per heavy atom. The zero-order valence-electron chi connectivity index (χ0n) is 23.3. The second-order valence-corrected chi connectivity index (χ2v) is 15.9. The largest absolute Gasteiger partial charge is 0.461 e. The molecule has 1 saturated heterocycles. The molecule has 4 heteroatoms. The standard InChI is InChI=1S/C31H48O4/c1-25(2)17-30(8)20-10-9-19-27(5)13-12-21(32)26(3,4)18(27)11-14-28(19,6)29(20,7)15-22(33)31(30)16-23(25)35-24(31)34/h10,18-19,21-23,32-33H,9,11-17H2,1-8H3/t18-,19-,21+,22-,23+,27+,28-,29-,30+,31-/m1/s1. The molecule has 2 N–H and O–H groups in total. The van der Waals surface area contributed by atoms with E-state index in [9.17, 15) is 15.0 Å². The van der Waals surface area contributed by atoms with Crippen molar-refractivity contribution in [2.75, 3.05) is 0 Å². The van der Waals surface area contributed by atoms with Crippen LogP contribution in [0.3, 0.4) is 0 Å². The summed E-state index contributed by atoms with van der Waals surface area (Å²) >= 11 is 0. The Labute approximate surface area is 212 Å². The van der Waals surface area contributed by atoms with E-state index < -0.39 is 11.5 Å². The smallest absolute Gasteiger partial charge is 0.316 e. The Morgan fingerprint density at radius 2 is 1.54 bits per heavy atom. The summed E-state index contributed by atoms with van der Waals surface area (Å²) in [6.45, 7) is 18.8. The molecule has 1 heterocycles. The summed E-state index contributed by atoms with van der Waals surface area (Å²) in [6, 6.07) is 0. The predicted octanol–water partition coefficient (Wildman–Crippen LogP) is 6.05. The van der Waals surface area contributed by atoms with Gasteiger partial charge >= 0.3 is 5.97 Å². The number of ether oxygens (including phenoxy) is 1. The fourth-order valence-corrected chi connectivity index (χ4v) is 11.9. The van der Waals surface area contributed by atoms with Crippen molar-refractivity contribution in [3.8, 4) is 0 Å². The van der Waals surface area contributed by atoms with E-state index in [0.29, 0.717) is 24.7 Å². The second-order valence-electron chi connectivity index (χ2n) is 15.9. The van der Waals surface area contributed by atoms with E-state index in [-0.39, 0.29) is 50.7 Å². The summed E-state index contributed by atoms with van der Waals surface area (Å²) in [4.78, 5) is 13.6. The number of esters is 1. The number of rotatable bonds is 0. The molecule has 0 aromatic heterocycles. The molecule has 2 bridgehead atoms. The van der Waals surface area contributed by atoms with Crippen molar-refractivity contribution in [2.45, 2.75) is 125 Å². The van der Waals surface area contributed by atoms with Gasteiger partial charge in [-0.25, -0.2) is 0 Å². The highest BCUT2D eigenvalue weighted by molar-refractivity contribution is 5.83. The van der Waals surface area contributed by atoms with Crippen molar-refractivity contribution < 1.29 is 19.7 Å². The predicted molar refractivity (Wildman–Crippen MR) is 136 cm³/mol. The van der Waals surface area contributed by atoms with Crippen LogP contribution in [0.5, 0.6) is 0 Å². The summed E-state index contributed by atoms with van der Waals surface area (Å²) < 4.78 is 6.01. The third kappa shape index (κ3) is 2.46. The van der Waals surface area contributed by atoms with E-state index in [1.54, 1.807) is 0 Å². The van der Waals surface area contributed by atoms with Gasteiger partial charge in [-0.15, -0.1) is 0 Å². The molecule has 0 aromatic carbocycles. The van der Waals surface area contributed by atoms with Gasteiger partial charge in [-0.3, -0.25) is 4.79 Å². The van der Waals surface area contributed by atoms with E-state index in [2.05, 4.69) is 61.5 Å². The molecule has 196 valence electrons. The molecule has 0 amide bonds. The molecule has 0 aromatic rings. The maximum atomic E-state index is 13.6. The molecule has 5 fully saturated rings. The third-order valence-electron chi connectivity index (χ3n) is 14.0. The Balaban J connectivity index is 1.51. The van der Waals surface area contributed by atoms with Crippen molar-refractivity contribution in [3.63, 3.8) is 0 Å². The van der Waals surface area contributed by atoms with Gasteiger partial charge in [0.2, 0.25) is 0 Å². The van der Waals surface area contributed by atoms with E-state index in [1.165, 1.54) is 5.57 Å². The highest BCUT2D eigenvalue weighted by atomic mass is 16.6. The molecule has 6 aliphatic rings. The van der Waals surface area contributed by atoms with Crippen LogP contribution in [-0.2, 0) is 9.53 Å². The van der Waals surface area contributed by atoms with E-state index in [0.717, 1.165) is 38.5 Å². The summed E-state index contributed by atoms with van der Waals surface area (Å²) in [6.07, 6.45) is 8.97. The fourth-order valence-electron chi connectivity index (χ4n) is 11.9. The average molecular weight is 485 g/mol. The average Bonchev–Trinajstić information content (AvgIpc) is 3.07. The highest BCUT2D eigenvalue weighted by Crippen LogP contribution is 2.79. The van der Waals surface area contributed by atoms with Gasteiger partial charge in [0, 0.05) is 17.3 Å². The van der Waals surface area contributed by atoms with Gasteiger partial charge in [0.25, 0.3) is 0 Å². The molecule has 10 atom stereocenters. The molecule has 4 nitrogen and oxygen atoms in total. The molecule has 0 radical (unpaired) electrons. The maximum absolute atomic E-state index is 13.6. The lowest BCUT2D eigenvalue weighted by atomic mass is 9.31. The van der Waals surface area contributed by atoms with Crippen LogP contribution in [0, 0.1) is 49.7 Å². The third-order valence-corrected chi connectivity index (χ3v) is 14.0. The van der Waals surface area contributed by atoms with E-state index in [1.807, 2.05) is 0 Å². The Kier molecular flexibility index (Phi) is 4.60. The normalized spacial score (nSPS) is 57.7. The van der Waals surface area contributed by atoms with Crippen LogP contribution in [0.15, 0.2) is 11.6 Å². The number of hydrogen-bond donors (Lipinski definition) is 2. The number of fused-ring (bicyclic) bond motifs is 7. The second kappa shape index (κ2) is 6.57. The number of carbonyl (C=O) groups is 1. The molecular formula is C31H48O4. The first-order valence-corrected chi connectivity index (χ1v) is 14.3. The van der Waals surface area contributed by atoms with Gasteiger partial charge in [0.1, 0.15) is 11.5 Å². The van der Waals surface area contributed by atoms with Crippen LogP contribution in [0.4, 0.5) is 0 Å². The minimum Gasteiger partial charge on any atom is -0.461 e. The first-order valence-electron chi connectivity index (χ1n) is 14.3. The van der Waals surface area contributed by atoms with Crippen LogP contribution in [0.25, 0.3) is 0 Å². The monoisotopic (exact) mass is 484 g/mol. The zero-order valence-corrected chi connectivity index (χ0v) is 23.3. The lowest BCUT2D eigenvalue weighted by Crippen LogP contribution is -2.69. The van der Waals surface area contributed by atoms with Gasteiger partial charge in [-0.05, 0) is 78.4 Å². The number of hydrogen-bond acceptors (Lipinski definition) is 4. The molecule has 5 aliphatic carbocycles. The summed E-state index contributed by atoms with van der Waals surface area (Å²) in [7, 11) is 0. The lowest BCUT2D eigenvalue weighted by Gasteiger charge is -2.73. The van der Waals surface area contributed by atoms with Crippen LogP contribution in [0.2, 0.25) is 0 Å². The number of carbonyl (C=O) groups excluding carboxylic acids is 1. The molecule has 35 heavy (non-hydrogen) atoms. The van der Waals surface area contributed by atoms with Crippen LogP contribution in [0.1, 0.15) is 107 Å². The van der Waals surface area contributed by atoms with Gasteiger partial charge in [0.15, 0.2) is 0 Å². The Morgan fingerprint density at radius 3 is 2.23 bits per heavy atom. The topological polar surface area (TPSA) is 66.8 Å². The van der Waals surface area contributed by atoms with E-state index in [4.69, 9.17) is 4.74 Å². The van der Waals surface area contributed by atoms with Crippen molar-refractivity contribution in [3.05, 3.63) is 11.6 Å². The van der Waals surface area contributed by atoms with Crippen molar-refractivity contribution in [1.82, 2.24) is 0 Å². The zero-order chi connectivity index (χ0) is 25.6. The van der Waals surface area contributed by atoms with Crippen LogP contribution in [-0.4, -0.2) is 34.5 Å². The van der Waals surface area contributed by atoms with Crippen molar-refractivity contribution in [1.29, 1.82) is 0 Å². The Bertz CT molecular complexity index is 1010. The molecule has 6 rings (SSSR count). The van der Waals surface area contributed by atoms with E-state index >= 15 is 0 Å². The molecule has 1 aliphatic heterocycles.